The third-order valence-corrected chi connectivity index (χ3v) is 4.77. The highest BCUT2D eigenvalue weighted by atomic mass is 35.5. The van der Waals surface area contributed by atoms with Gasteiger partial charge in [0, 0.05) is 10.6 Å². The van der Waals surface area contributed by atoms with Crippen molar-refractivity contribution in [2.45, 2.75) is 26.8 Å². The quantitative estimate of drug-likeness (QED) is 0.861. The zero-order valence-corrected chi connectivity index (χ0v) is 14.5. The van der Waals surface area contributed by atoms with Gasteiger partial charge in [0.05, 0.1) is 5.69 Å². The van der Waals surface area contributed by atoms with Crippen LogP contribution in [0.4, 0.5) is 0 Å². The molecule has 0 aliphatic rings. The standard InChI is InChI=1S/C16H17ClN2O3S/c1-8(2)12(16(21)22)19-14(20)13-9(3)18-15(23-13)10-4-6-11(17)7-5-10/h4-8,12H,1-3H3,(H,19,20)(H,21,22)/t12-/m0/s1. The van der Waals surface area contributed by atoms with Crippen LogP contribution in [0.25, 0.3) is 10.6 Å². The molecule has 0 bridgehead atoms. The van der Waals surface area contributed by atoms with E-state index in [1.165, 1.54) is 11.3 Å². The predicted molar refractivity (Wildman–Crippen MR) is 91.0 cm³/mol. The van der Waals surface area contributed by atoms with Gasteiger partial charge >= 0.3 is 5.97 Å². The van der Waals surface area contributed by atoms with Crippen LogP contribution in [-0.4, -0.2) is 28.0 Å². The van der Waals surface area contributed by atoms with Crippen molar-refractivity contribution < 1.29 is 14.7 Å². The van der Waals surface area contributed by atoms with Gasteiger partial charge in [0.15, 0.2) is 0 Å². The fourth-order valence-corrected chi connectivity index (χ4v) is 3.14. The summed E-state index contributed by atoms with van der Waals surface area (Å²) in [6, 6.07) is 6.24. The van der Waals surface area contributed by atoms with E-state index < -0.39 is 17.9 Å². The molecular formula is C16H17ClN2O3S. The number of rotatable bonds is 5. The largest absolute Gasteiger partial charge is 0.480 e. The van der Waals surface area contributed by atoms with E-state index in [9.17, 15) is 14.7 Å². The van der Waals surface area contributed by atoms with Crippen LogP contribution in [-0.2, 0) is 4.79 Å². The Morgan fingerprint density at radius 2 is 1.87 bits per heavy atom. The number of amides is 1. The first kappa shape index (κ1) is 17.4. The molecule has 0 fully saturated rings. The molecule has 0 spiro atoms. The van der Waals surface area contributed by atoms with Gasteiger partial charge in [0.2, 0.25) is 0 Å². The number of nitrogens with one attached hydrogen (secondary N) is 1. The Morgan fingerprint density at radius 3 is 2.39 bits per heavy atom. The summed E-state index contributed by atoms with van der Waals surface area (Å²) < 4.78 is 0. The number of hydrogen-bond acceptors (Lipinski definition) is 4. The summed E-state index contributed by atoms with van der Waals surface area (Å²) in [6.45, 7) is 5.23. The molecule has 1 amide bonds. The van der Waals surface area contributed by atoms with Gasteiger partial charge in [-0.15, -0.1) is 11.3 Å². The molecule has 0 aliphatic carbocycles. The third kappa shape index (κ3) is 4.09. The first-order valence-corrected chi connectivity index (χ1v) is 8.26. The Balaban J connectivity index is 2.25. The molecule has 2 aromatic rings. The Hall–Kier alpha value is -1.92. The number of carbonyl (C=O) groups is 2. The summed E-state index contributed by atoms with van der Waals surface area (Å²) in [5.41, 5.74) is 1.44. The van der Waals surface area contributed by atoms with E-state index >= 15 is 0 Å². The predicted octanol–water partition coefficient (Wildman–Crippen LogP) is 3.61. The van der Waals surface area contributed by atoms with E-state index in [1.807, 2.05) is 12.1 Å². The highest BCUT2D eigenvalue weighted by Crippen LogP contribution is 2.29. The number of thiazole rings is 1. The van der Waals surface area contributed by atoms with Gasteiger partial charge in [-0.3, -0.25) is 4.79 Å². The minimum atomic E-state index is -1.05. The fourth-order valence-electron chi connectivity index (χ4n) is 2.04. The van der Waals surface area contributed by atoms with Crippen molar-refractivity contribution in [1.29, 1.82) is 0 Å². The van der Waals surface area contributed by atoms with Crippen LogP contribution >= 0.6 is 22.9 Å². The summed E-state index contributed by atoms with van der Waals surface area (Å²) >= 11 is 7.10. The van der Waals surface area contributed by atoms with Crippen LogP contribution in [0.3, 0.4) is 0 Å². The van der Waals surface area contributed by atoms with Crippen molar-refractivity contribution in [3.8, 4) is 10.6 Å². The van der Waals surface area contributed by atoms with E-state index in [1.54, 1.807) is 32.9 Å². The second-order valence-corrected chi connectivity index (χ2v) is 6.91. The highest BCUT2D eigenvalue weighted by molar-refractivity contribution is 7.17. The molecule has 2 N–H and O–H groups in total. The average Bonchev–Trinajstić information content (AvgIpc) is 2.86. The molecule has 5 nitrogen and oxygen atoms in total. The van der Waals surface area contributed by atoms with Crippen LogP contribution in [0.1, 0.15) is 29.2 Å². The number of halogens is 1. The molecule has 0 saturated carbocycles. The SMILES string of the molecule is Cc1nc(-c2ccc(Cl)cc2)sc1C(=O)N[C@H](C(=O)O)C(C)C. The summed E-state index contributed by atoms with van der Waals surface area (Å²) in [5.74, 6) is -1.67. The number of carboxylic acid groups (broad SMARTS) is 1. The van der Waals surface area contributed by atoms with Crippen molar-refractivity contribution in [2.24, 2.45) is 5.92 Å². The van der Waals surface area contributed by atoms with E-state index in [2.05, 4.69) is 10.3 Å². The molecule has 0 radical (unpaired) electrons. The van der Waals surface area contributed by atoms with Gasteiger partial charge in [-0.1, -0.05) is 37.6 Å². The second kappa shape index (κ2) is 7.10. The molecule has 23 heavy (non-hydrogen) atoms. The van der Waals surface area contributed by atoms with Crippen LogP contribution < -0.4 is 5.32 Å². The van der Waals surface area contributed by atoms with E-state index in [0.29, 0.717) is 20.6 Å². The van der Waals surface area contributed by atoms with Crippen molar-refractivity contribution in [1.82, 2.24) is 10.3 Å². The molecule has 122 valence electrons. The van der Waals surface area contributed by atoms with Crippen molar-refractivity contribution in [3.63, 3.8) is 0 Å². The Labute approximate surface area is 143 Å². The second-order valence-electron chi connectivity index (χ2n) is 5.47. The highest BCUT2D eigenvalue weighted by Gasteiger charge is 2.26. The molecule has 1 heterocycles. The number of benzene rings is 1. The lowest BCUT2D eigenvalue weighted by molar-refractivity contribution is -0.140. The number of aliphatic carboxylic acids is 1. The van der Waals surface area contributed by atoms with E-state index in [-0.39, 0.29) is 5.92 Å². The zero-order chi connectivity index (χ0) is 17.1. The minimum absolute atomic E-state index is 0.208. The van der Waals surface area contributed by atoms with E-state index in [4.69, 9.17) is 11.6 Å². The minimum Gasteiger partial charge on any atom is -0.480 e. The summed E-state index contributed by atoms with van der Waals surface area (Å²) in [5, 5.41) is 13.1. The molecule has 0 aliphatic heterocycles. The van der Waals surface area contributed by atoms with Gasteiger partial charge in [-0.05, 0) is 25.0 Å². The lowest BCUT2D eigenvalue weighted by Crippen LogP contribution is -2.44. The summed E-state index contributed by atoms with van der Waals surface area (Å²) in [6.07, 6.45) is 0. The first-order chi connectivity index (χ1) is 10.8. The Bertz CT molecular complexity index is 725. The monoisotopic (exact) mass is 352 g/mol. The fraction of sp³-hybridized carbons (Fsp3) is 0.312. The third-order valence-electron chi connectivity index (χ3n) is 3.31. The topological polar surface area (TPSA) is 79.3 Å². The van der Waals surface area contributed by atoms with Gasteiger partial charge in [0.25, 0.3) is 5.91 Å². The maximum Gasteiger partial charge on any atom is 0.326 e. The molecule has 1 atom stereocenters. The number of carbonyl (C=O) groups excluding carboxylic acids is 1. The average molecular weight is 353 g/mol. The Morgan fingerprint density at radius 1 is 1.26 bits per heavy atom. The van der Waals surface area contributed by atoms with Gasteiger partial charge in [-0.25, -0.2) is 9.78 Å². The maximum atomic E-state index is 12.4. The zero-order valence-electron chi connectivity index (χ0n) is 13.0. The van der Waals surface area contributed by atoms with Crippen LogP contribution in [0.2, 0.25) is 5.02 Å². The molecule has 1 aromatic heterocycles. The first-order valence-electron chi connectivity index (χ1n) is 7.06. The summed E-state index contributed by atoms with van der Waals surface area (Å²) in [7, 11) is 0. The number of nitrogens with zero attached hydrogens (tertiary/aromatic N) is 1. The van der Waals surface area contributed by atoms with Crippen LogP contribution in [0, 0.1) is 12.8 Å². The normalized spacial score (nSPS) is 12.2. The van der Waals surface area contributed by atoms with Crippen LogP contribution in [0.15, 0.2) is 24.3 Å². The van der Waals surface area contributed by atoms with Crippen molar-refractivity contribution in [2.75, 3.05) is 0 Å². The summed E-state index contributed by atoms with van der Waals surface area (Å²) in [4.78, 5) is 28.4. The number of aryl methyl sites for hydroxylation is 1. The van der Waals surface area contributed by atoms with Gasteiger partial charge in [-0.2, -0.15) is 0 Å². The molecule has 0 saturated heterocycles. The smallest absolute Gasteiger partial charge is 0.326 e. The molecule has 7 heteroatoms. The molecular weight excluding hydrogens is 336 g/mol. The maximum absolute atomic E-state index is 12.4. The lowest BCUT2D eigenvalue weighted by atomic mass is 10.0. The molecule has 1 aromatic carbocycles. The number of carboxylic acids is 1. The number of aromatic nitrogens is 1. The molecule has 2 rings (SSSR count). The van der Waals surface area contributed by atoms with Crippen molar-refractivity contribution >= 4 is 34.8 Å². The van der Waals surface area contributed by atoms with Gasteiger partial charge in [0.1, 0.15) is 15.9 Å². The number of hydrogen-bond donors (Lipinski definition) is 2. The lowest BCUT2D eigenvalue weighted by Gasteiger charge is -2.17. The Kier molecular flexibility index (Phi) is 5.38. The van der Waals surface area contributed by atoms with E-state index in [0.717, 1.165) is 5.56 Å². The molecule has 0 unspecified atom stereocenters. The van der Waals surface area contributed by atoms with Crippen molar-refractivity contribution in [3.05, 3.63) is 39.9 Å². The van der Waals surface area contributed by atoms with Crippen LogP contribution in [0.5, 0.6) is 0 Å². The van der Waals surface area contributed by atoms with Gasteiger partial charge < -0.3 is 10.4 Å².